The Balaban J connectivity index is -0.0000000389. The van der Waals surface area contributed by atoms with Gasteiger partial charge in [-0.2, -0.15) is 0 Å². The molecule has 0 fully saturated rings. The molecule has 0 amide bonds. The summed E-state index contributed by atoms with van der Waals surface area (Å²) < 4.78 is 17.2. The summed E-state index contributed by atoms with van der Waals surface area (Å²) in [7, 11) is 0. The molecule has 0 spiro atoms. The van der Waals surface area contributed by atoms with Crippen molar-refractivity contribution in [2.24, 2.45) is 0 Å². The fraction of sp³-hybridized carbons (Fsp3) is 0. The van der Waals surface area contributed by atoms with Gasteiger partial charge in [-0.15, -0.1) is 0 Å². The maximum atomic E-state index is 8.58. The van der Waals surface area contributed by atoms with Crippen LogP contribution in [0.1, 0.15) is 0 Å². The van der Waals surface area contributed by atoms with Crippen molar-refractivity contribution in [1.82, 2.24) is 0 Å². The van der Waals surface area contributed by atoms with Gasteiger partial charge in [0.25, 0.3) is 0 Å². The van der Waals surface area contributed by atoms with Crippen molar-refractivity contribution in [3.8, 4) is 0 Å². The zero-order valence-electron chi connectivity index (χ0n) is 5.16. The van der Waals surface area contributed by atoms with Crippen LogP contribution in [0.15, 0.2) is 0 Å². The van der Waals surface area contributed by atoms with Crippen LogP contribution in [0.3, 0.4) is 0 Å². The Bertz CT molecular complexity index is 125. The predicted molar refractivity (Wildman–Crippen MR) is 25.7 cm³/mol. The maximum absolute atomic E-state index is 8.58. The van der Waals surface area contributed by atoms with Gasteiger partial charge in [-0.1, -0.05) is 0 Å². The number of rotatable bonds is 0. The van der Waals surface area contributed by atoms with Crippen molar-refractivity contribution in [1.29, 1.82) is 0 Å². The first-order valence-electron chi connectivity index (χ1n) is 1.50. The molecule has 0 aromatic heterocycles. The Morgan fingerprint density at radius 3 is 0.833 bits per heavy atom. The average molecular weight is 412 g/mol. The first kappa shape index (κ1) is 22.5. The van der Waals surface area contributed by atoms with E-state index in [1.165, 1.54) is 0 Å². The summed E-state index contributed by atoms with van der Waals surface area (Å²) in [5.74, 6) is 0. The summed E-state index contributed by atoms with van der Waals surface area (Å²) in [5, 5.41) is 29.5. The molecule has 0 atom stereocenters. The second kappa shape index (κ2) is 22.5. The number of hydrogen-bond donors (Lipinski definition) is 0. The van der Waals surface area contributed by atoms with E-state index in [9.17, 15) is 0 Å². The van der Waals surface area contributed by atoms with Gasteiger partial charge in [0.2, 0.25) is 0 Å². The summed E-state index contributed by atoms with van der Waals surface area (Å²) in [4.78, 5) is 16.5. The molecule has 0 aliphatic rings. The van der Waals surface area contributed by atoms with E-state index in [2.05, 4.69) is 0 Å². The number of nitrogens with zero attached hydrogens (tertiary/aromatic N) is 2. The van der Waals surface area contributed by atoms with Gasteiger partial charge in [-0.25, -0.2) is 0 Å². The van der Waals surface area contributed by atoms with Gasteiger partial charge in [-0.3, -0.25) is 0 Å². The molecule has 0 radical (unpaired) electrons. The van der Waals surface area contributed by atoms with Gasteiger partial charge < -0.3 is 36.1 Å². The van der Waals surface area contributed by atoms with Crippen LogP contribution >= 0.6 is 0 Å². The van der Waals surface area contributed by atoms with Crippen LogP contribution in [0, 0.1) is 58.5 Å². The third-order valence-electron chi connectivity index (χ3n) is 0. The molecule has 70 valence electrons. The fourth-order valence-corrected chi connectivity index (χ4v) is 0. The summed E-state index contributed by atoms with van der Waals surface area (Å²) in [6.45, 7) is 0. The van der Waals surface area contributed by atoms with Crippen LogP contribution in [0.25, 0.3) is 0 Å². The topological polar surface area (TPSA) is 198 Å². The van der Waals surface area contributed by atoms with Crippen molar-refractivity contribution in [2.75, 3.05) is 0 Å². The van der Waals surface area contributed by atoms with Crippen molar-refractivity contribution in [3.05, 3.63) is 30.6 Å². The first-order chi connectivity index (χ1) is 4.88. The van der Waals surface area contributed by atoms with Crippen LogP contribution in [0.4, 0.5) is 0 Å². The molecule has 0 heterocycles. The summed E-state index contributed by atoms with van der Waals surface area (Å²) in [6.07, 6.45) is 0. The van der Waals surface area contributed by atoms with E-state index < -0.39 is 38.0 Å². The van der Waals surface area contributed by atoms with Crippen LogP contribution in [0.5, 0.6) is 0 Å². The second-order valence-corrected chi connectivity index (χ2v) is 1.22. The molecular weight excluding hydrogens is 410 g/mol. The summed E-state index contributed by atoms with van der Waals surface area (Å²) in [5.41, 5.74) is 0. The van der Waals surface area contributed by atoms with Crippen LogP contribution < -0.4 is 0 Å². The Morgan fingerprint density at radius 2 is 0.833 bits per heavy atom. The van der Waals surface area contributed by atoms with Crippen molar-refractivity contribution >= 4 is 0 Å². The third-order valence-corrected chi connectivity index (χ3v) is 0. The molecular formula is H2N2O9U. The van der Waals surface area contributed by atoms with Crippen LogP contribution in [-0.4, -0.2) is 15.6 Å². The Labute approximate surface area is 78.7 Å². The zero-order valence-corrected chi connectivity index (χ0v) is 9.32. The molecule has 0 aliphatic carbocycles. The van der Waals surface area contributed by atoms with E-state index in [4.69, 9.17) is 35.1 Å². The molecule has 0 aliphatic heterocycles. The molecule has 0 unspecified atom stereocenters. The van der Waals surface area contributed by atoms with Crippen LogP contribution in [-0.2, 0) is 4.47 Å². The monoisotopic (exact) mass is 412 g/mol. The molecule has 0 aromatic rings. The molecule has 12 heteroatoms. The van der Waals surface area contributed by atoms with Gasteiger partial charge in [0.1, 0.15) is 0 Å². The second-order valence-electron chi connectivity index (χ2n) is 0.531. The molecule has 0 rings (SSSR count). The van der Waals surface area contributed by atoms with Gasteiger partial charge in [0.15, 0.2) is 0 Å². The quantitative estimate of drug-likeness (QED) is 0.337. The molecule has 0 saturated carbocycles. The Hall–Kier alpha value is -0.988. The van der Waals surface area contributed by atoms with Gasteiger partial charge in [0.05, 0.1) is 10.2 Å². The molecule has 0 bridgehead atoms. The standard InChI is InChI=1S/2NO3.H2O.2O.U/c2*2-1(3)4;;;;/h;;1H2;;;/q2*-1;;;;+2. The van der Waals surface area contributed by atoms with Gasteiger partial charge in [-0.05, 0) is 0 Å². The predicted octanol–water partition coefficient (Wildman–Crippen LogP) is -1.54. The van der Waals surface area contributed by atoms with E-state index in [0.717, 1.165) is 0 Å². The minimum atomic E-state index is -2.51. The SMILES string of the molecule is O.O=[N+]([O-])[O-].O=[N+]([O-])[O-].[O]=[U+2]=[O]. The fourth-order valence-electron chi connectivity index (χ4n) is 0. The normalized spacial score (nSPS) is 4.67. The summed E-state index contributed by atoms with van der Waals surface area (Å²) in [6, 6.07) is 0. The van der Waals surface area contributed by atoms with E-state index in [1.807, 2.05) is 0 Å². The molecule has 0 aromatic carbocycles. The Kier molecular flexibility index (Phi) is 42.1. The Morgan fingerprint density at radius 1 is 0.833 bits per heavy atom. The van der Waals surface area contributed by atoms with Gasteiger partial charge >= 0.3 is 32.3 Å². The molecule has 0 saturated heterocycles. The van der Waals surface area contributed by atoms with E-state index in [0.29, 0.717) is 0 Å². The zero-order chi connectivity index (χ0) is 9.86. The van der Waals surface area contributed by atoms with Crippen LogP contribution in [0.2, 0.25) is 0 Å². The van der Waals surface area contributed by atoms with Gasteiger partial charge in [0, 0.05) is 0 Å². The minimum absolute atomic E-state index is 0. The van der Waals surface area contributed by atoms with Crippen molar-refractivity contribution in [3.63, 3.8) is 0 Å². The molecule has 11 nitrogen and oxygen atoms in total. The van der Waals surface area contributed by atoms with E-state index in [1.54, 1.807) is 0 Å². The average Bonchev–Trinajstić information content (AvgIpc) is 1.60. The van der Waals surface area contributed by atoms with Crippen molar-refractivity contribution < 1.29 is 47.9 Å². The first-order valence-corrected chi connectivity index (χ1v) is 4.90. The molecule has 12 heavy (non-hydrogen) atoms. The number of hydrogen-bond acceptors (Lipinski definition) is 8. The van der Waals surface area contributed by atoms with E-state index in [-0.39, 0.29) is 5.48 Å². The molecule has 2 N–H and O–H groups in total. The third kappa shape index (κ3) is 593. The van der Waals surface area contributed by atoms with E-state index >= 15 is 0 Å². The summed E-state index contributed by atoms with van der Waals surface area (Å²) >= 11 is -2.51. The van der Waals surface area contributed by atoms with Crippen molar-refractivity contribution in [2.45, 2.75) is 0 Å².